The second kappa shape index (κ2) is 7.85. The summed E-state index contributed by atoms with van der Waals surface area (Å²) in [5, 5.41) is 0. The first-order valence-electron chi connectivity index (χ1n) is 8.18. The summed E-state index contributed by atoms with van der Waals surface area (Å²) < 4.78 is 6.05. The normalized spacial score (nSPS) is 15.4. The molecule has 1 aliphatic rings. The summed E-state index contributed by atoms with van der Waals surface area (Å²) in [6, 6.07) is 14.9. The number of aryl methyl sites for hydroxylation is 2. The van der Waals surface area contributed by atoms with Crippen LogP contribution >= 0.6 is 12.4 Å². The molecule has 0 aliphatic heterocycles. The van der Waals surface area contributed by atoms with Gasteiger partial charge >= 0.3 is 0 Å². The molecule has 1 saturated carbocycles. The van der Waals surface area contributed by atoms with Crippen LogP contribution in [0, 0.1) is 19.8 Å². The van der Waals surface area contributed by atoms with E-state index < -0.39 is 0 Å². The third-order valence-corrected chi connectivity index (χ3v) is 4.75. The van der Waals surface area contributed by atoms with Crippen molar-refractivity contribution in [3.63, 3.8) is 0 Å². The minimum Gasteiger partial charge on any atom is -0.488 e. The Morgan fingerprint density at radius 1 is 1.09 bits per heavy atom. The molecule has 0 bridgehead atoms. The number of halogens is 1. The van der Waals surface area contributed by atoms with Gasteiger partial charge in [0.25, 0.3) is 0 Å². The van der Waals surface area contributed by atoms with Crippen LogP contribution in [0.1, 0.15) is 47.6 Å². The van der Waals surface area contributed by atoms with E-state index in [1.807, 2.05) is 18.2 Å². The summed E-state index contributed by atoms with van der Waals surface area (Å²) in [6.07, 6.45) is 3.87. The Morgan fingerprint density at radius 3 is 2.22 bits per heavy atom. The summed E-state index contributed by atoms with van der Waals surface area (Å²) >= 11 is 0. The molecule has 0 unspecified atom stereocenters. The molecule has 3 heteroatoms. The second-order valence-corrected chi connectivity index (χ2v) is 6.47. The number of ether oxygens (including phenoxy) is 1. The fraction of sp³-hybridized carbons (Fsp3) is 0.400. The maximum Gasteiger partial charge on any atom is 0.125 e. The molecular weight excluding hydrogens is 306 g/mol. The van der Waals surface area contributed by atoms with Crippen LogP contribution in [-0.4, -0.2) is 0 Å². The molecule has 3 rings (SSSR count). The van der Waals surface area contributed by atoms with Crippen LogP contribution in [0.25, 0.3) is 0 Å². The van der Waals surface area contributed by atoms with Crippen molar-refractivity contribution in [2.45, 2.75) is 45.8 Å². The lowest BCUT2D eigenvalue weighted by molar-refractivity contribution is 0.263. The minimum absolute atomic E-state index is 0. The highest BCUT2D eigenvalue weighted by Gasteiger charge is 2.26. The van der Waals surface area contributed by atoms with Crippen molar-refractivity contribution < 1.29 is 4.74 Å². The maximum absolute atomic E-state index is 6.41. The average molecular weight is 332 g/mol. The third-order valence-electron chi connectivity index (χ3n) is 4.75. The molecule has 1 atom stereocenters. The molecule has 1 fully saturated rings. The van der Waals surface area contributed by atoms with Crippen LogP contribution < -0.4 is 10.5 Å². The molecule has 23 heavy (non-hydrogen) atoms. The monoisotopic (exact) mass is 331 g/mol. The Balaban J connectivity index is 0.00000192. The topological polar surface area (TPSA) is 35.2 Å². The zero-order valence-electron chi connectivity index (χ0n) is 13.9. The van der Waals surface area contributed by atoms with E-state index in [1.165, 1.54) is 41.5 Å². The molecule has 0 aromatic heterocycles. The lowest BCUT2D eigenvalue weighted by Gasteiger charge is -2.32. The van der Waals surface area contributed by atoms with Crippen LogP contribution in [0.4, 0.5) is 0 Å². The summed E-state index contributed by atoms with van der Waals surface area (Å²) in [4.78, 5) is 0. The molecule has 0 radical (unpaired) electrons. The number of nitrogens with two attached hydrogens (primary N) is 1. The van der Waals surface area contributed by atoms with Crippen LogP contribution in [0.15, 0.2) is 42.5 Å². The second-order valence-electron chi connectivity index (χ2n) is 6.47. The maximum atomic E-state index is 6.41. The molecule has 0 amide bonds. The van der Waals surface area contributed by atoms with Gasteiger partial charge in [-0.05, 0) is 54.9 Å². The number of hydrogen-bond acceptors (Lipinski definition) is 2. The Kier molecular flexibility index (Phi) is 6.09. The molecule has 1 aliphatic carbocycles. The average Bonchev–Trinajstić information content (AvgIpc) is 2.45. The number of benzene rings is 2. The highest BCUT2D eigenvalue weighted by molar-refractivity contribution is 5.85. The molecule has 2 N–H and O–H groups in total. The molecule has 2 aromatic rings. The van der Waals surface area contributed by atoms with Crippen molar-refractivity contribution in [3.8, 4) is 5.75 Å². The smallest absolute Gasteiger partial charge is 0.125 e. The van der Waals surface area contributed by atoms with E-state index in [1.54, 1.807) is 0 Å². The van der Waals surface area contributed by atoms with E-state index in [4.69, 9.17) is 10.5 Å². The zero-order chi connectivity index (χ0) is 15.5. The van der Waals surface area contributed by atoms with Gasteiger partial charge in [-0.3, -0.25) is 0 Å². The fourth-order valence-electron chi connectivity index (χ4n) is 3.20. The first kappa shape index (κ1) is 17.8. The van der Waals surface area contributed by atoms with Crippen molar-refractivity contribution in [1.82, 2.24) is 0 Å². The molecule has 2 aromatic carbocycles. The van der Waals surface area contributed by atoms with Gasteiger partial charge in [0.15, 0.2) is 0 Å². The van der Waals surface area contributed by atoms with Gasteiger partial charge in [0.05, 0.1) is 0 Å². The van der Waals surface area contributed by atoms with E-state index in [0.29, 0.717) is 12.5 Å². The van der Waals surface area contributed by atoms with E-state index in [2.05, 4.69) is 38.1 Å². The van der Waals surface area contributed by atoms with E-state index >= 15 is 0 Å². The first-order valence-corrected chi connectivity index (χ1v) is 8.18. The highest BCUT2D eigenvalue weighted by Crippen LogP contribution is 2.38. The van der Waals surface area contributed by atoms with E-state index in [9.17, 15) is 0 Å². The fourth-order valence-corrected chi connectivity index (χ4v) is 3.20. The first-order chi connectivity index (χ1) is 10.6. The van der Waals surface area contributed by atoms with Crippen molar-refractivity contribution in [2.24, 2.45) is 11.7 Å². The number of hydrogen-bond donors (Lipinski definition) is 1. The minimum atomic E-state index is 0. The SMILES string of the molecule is Cc1cc([C@H](N)C2CCC2)cc(C)c1OCc1ccccc1.Cl. The molecule has 0 heterocycles. The van der Waals surface area contributed by atoms with Gasteiger partial charge in [-0.1, -0.05) is 48.9 Å². The van der Waals surface area contributed by atoms with Crippen LogP contribution in [0.2, 0.25) is 0 Å². The van der Waals surface area contributed by atoms with Crippen molar-refractivity contribution in [2.75, 3.05) is 0 Å². The Bertz CT molecular complexity index is 614. The molecule has 0 saturated heterocycles. The van der Waals surface area contributed by atoms with Crippen LogP contribution in [0.3, 0.4) is 0 Å². The van der Waals surface area contributed by atoms with Gasteiger partial charge in [0.2, 0.25) is 0 Å². The summed E-state index contributed by atoms with van der Waals surface area (Å²) in [6.45, 7) is 4.84. The lowest BCUT2D eigenvalue weighted by atomic mass is 9.77. The molecule has 124 valence electrons. The van der Waals surface area contributed by atoms with Crippen molar-refractivity contribution in [1.29, 1.82) is 0 Å². The van der Waals surface area contributed by atoms with Crippen LogP contribution in [-0.2, 0) is 6.61 Å². The Labute approximate surface area is 145 Å². The third kappa shape index (κ3) is 4.07. The van der Waals surface area contributed by atoms with Gasteiger partial charge in [-0.2, -0.15) is 0 Å². The van der Waals surface area contributed by atoms with Gasteiger partial charge in [-0.15, -0.1) is 12.4 Å². The van der Waals surface area contributed by atoms with E-state index in [-0.39, 0.29) is 18.4 Å². The van der Waals surface area contributed by atoms with Gasteiger partial charge in [-0.25, -0.2) is 0 Å². The van der Waals surface area contributed by atoms with E-state index in [0.717, 1.165) is 5.75 Å². The molecule has 2 nitrogen and oxygen atoms in total. The van der Waals surface area contributed by atoms with Gasteiger partial charge in [0, 0.05) is 6.04 Å². The largest absolute Gasteiger partial charge is 0.488 e. The number of rotatable bonds is 5. The predicted octanol–water partition coefficient (Wildman–Crippen LogP) is 5.10. The lowest BCUT2D eigenvalue weighted by Crippen LogP contribution is -2.27. The standard InChI is InChI=1S/C20H25NO.ClH/c1-14-11-18(19(21)17-9-6-10-17)12-15(2)20(14)22-13-16-7-4-3-5-8-16;/h3-5,7-8,11-12,17,19H,6,9-10,13,21H2,1-2H3;1H/t19-;/m1./s1. The van der Waals surface area contributed by atoms with Crippen molar-refractivity contribution in [3.05, 3.63) is 64.7 Å². The van der Waals surface area contributed by atoms with Crippen molar-refractivity contribution >= 4 is 12.4 Å². The van der Waals surface area contributed by atoms with Crippen LogP contribution in [0.5, 0.6) is 5.75 Å². The zero-order valence-corrected chi connectivity index (χ0v) is 14.7. The quantitative estimate of drug-likeness (QED) is 0.826. The van der Waals surface area contributed by atoms with Gasteiger partial charge in [0.1, 0.15) is 12.4 Å². The van der Waals surface area contributed by atoms with Gasteiger partial charge < -0.3 is 10.5 Å². The Hall–Kier alpha value is -1.51. The predicted molar refractivity (Wildman–Crippen MR) is 98.2 cm³/mol. The summed E-state index contributed by atoms with van der Waals surface area (Å²) in [5.41, 5.74) is 11.2. The molecule has 0 spiro atoms. The summed E-state index contributed by atoms with van der Waals surface area (Å²) in [7, 11) is 0. The highest BCUT2D eigenvalue weighted by atomic mass is 35.5. The molecular formula is C20H26ClNO. The summed E-state index contributed by atoms with van der Waals surface area (Å²) in [5.74, 6) is 1.66. The Morgan fingerprint density at radius 2 is 1.70 bits per heavy atom.